The summed E-state index contributed by atoms with van der Waals surface area (Å²) in [5.41, 5.74) is -1.21. The number of carboxylic acids is 1. The van der Waals surface area contributed by atoms with E-state index >= 15 is 0 Å². The van der Waals surface area contributed by atoms with Crippen molar-refractivity contribution in [1.29, 1.82) is 0 Å². The molecule has 2 aromatic rings. The van der Waals surface area contributed by atoms with E-state index in [0.29, 0.717) is 39.0 Å². The van der Waals surface area contributed by atoms with Crippen LogP contribution in [0.4, 0.5) is 10.7 Å². The van der Waals surface area contributed by atoms with Gasteiger partial charge in [-0.2, -0.15) is 0 Å². The van der Waals surface area contributed by atoms with Crippen LogP contribution in [0.25, 0.3) is 0 Å². The summed E-state index contributed by atoms with van der Waals surface area (Å²) in [4.78, 5) is 59.8. The van der Waals surface area contributed by atoms with Gasteiger partial charge in [0, 0.05) is 33.2 Å². The molecule has 2 saturated heterocycles. The Bertz CT molecular complexity index is 1200. The van der Waals surface area contributed by atoms with Gasteiger partial charge in [-0.1, -0.05) is 30.3 Å². The number of hydrogen-bond acceptors (Lipinski definition) is 7. The highest BCUT2D eigenvalue weighted by molar-refractivity contribution is 6.07. The highest BCUT2D eigenvalue weighted by Crippen LogP contribution is 2.38. The first-order valence-corrected chi connectivity index (χ1v) is 11.6. The number of imide groups is 1. The molecule has 0 aliphatic carbocycles. The molecule has 1 aromatic heterocycles. The topological polar surface area (TPSA) is 125 Å². The number of urea groups is 1. The smallest absolute Gasteiger partial charge is 0.358 e. The van der Waals surface area contributed by atoms with E-state index < -0.39 is 22.8 Å². The van der Waals surface area contributed by atoms with Crippen LogP contribution in [0.5, 0.6) is 5.75 Å². The average Bonchev–Trinajstić information content (AvgIpc) is 3.05. The Morgan fingerprint density at radius 2 is 1.74 bits per heavy atom. The molecule has 3 amide bonds. The Hall–Kier alpha value is -3.89. The summed E-state index contributed by atoms with van der Waals surface area (Å²) < 4.78 is 6.87. The zero-order valence-electron chi connectivity index (χ0n) is 20.1. The van der Waals surface area contributed by atoms with Crippen molar-refractivity contribution in [1.82, 2.24) is 19.4 Å². The van der Waals surface area contributed by atoms with Crippen molar-refractivity contribution in [2.24, 2.45) is 7.05 Å². The highest BCUT2D eigenvalue weighted by Gasteiger charge is 2.57. The van der Waals surface area contributed by atoms with Crippen LogP contribution in [-0.4, -0.2) is 74.1 Å². The zero-order chi connectivity index (χ0) is 25.3. The number of ether oxygens (including phenoxy) is 1. The first kappa shape index (κ1) is 24.2. The molecule has 3 heterocycles. The molecule has 35 heavy (non-hydrogen) atoms. The molecule has 1 aromatic carbocycles. The fraction of sp³-hybridized carbons (Fsp3) is 0.458. The van der Waals surface area contributed by atoms with Crippen LogP contribution < -0.4 is 15.2 Å². The summed E-state index contributed by atoms with van der Waals surface area (Å²) in [5.74, 6) is -1.72. The number of rotatable bonds is 7. The standard InChI is InChI=1S/C24H29N5O6/c1-4-28-21(33)24(29(5-2)23(28)34)11-13-27(14-12-24)22-25-17(20(31)32)18(19(30)26(22)3)35-15-16-9-7-6-8-10-16/h6-10H,4-5,11-15H2,1-3H3,(H,31,32). The number of carboxylic acid groups (broad SMARTS) is 1. The number of benzene rings is 1. The molecule has 1 N–H and O–H groups in total. The van der Waals surface area contributed by atoms with Gasteiger partial charge in [0.2, 0.25) is 11.7 Å². The third-order valence-electron chi connectivity index (χ3n) is 6.78. The number of nitrogens with zero attached hydrogens (tertiary/aromatic N) is 5. The second-order valence-corrected chi connectivity index (χ2v) is 8.63. The molecule has 2 aliphatic heterocycles. The maximum atomic E-state index is 13.1. The van der Waals surface area contributed by atoms with E-state index in [1.807, 2.05) is 37.3 Å². The lowest BCUT2D eigenvalue weighted by atomic mass is 9.86. The normalized spacial score (nSPS) is 17.4. The fourth-order valence-corrected chi connectivity index (χ4v) is 4.92. The van der Waals surface area contributed by atoms with Crippen LogP contribution in [0.15, 0.2) is 35.1 Å². The van der Waals surface area contributed by atoms with Gasteiger partial charge in [-0.25, -0.2) is 14.6 Å². The molecule has 0 radical (unpaired) electrons. The minimum atomic E-state index is -1.37. The number of amides is 3. The second-order valence-electron chi connectivity index (χ2n) is 8.63. The number of carbonyl (C=O) groups is 3. The van der Waals surface area contributed by atoms with Gasteiger partial charge in [-0.05, 0) is 32.3 Å². The maximum Gasteiger partial charge on any atom is 0.358 e. The zero-order valence-corrected chi connectivity index (χ0v) is 20.1. The van der Waals surface area contributed by atoms with E-state index in [1.165, 1.54) is 16.5 Å². The third-order valence-corrected chi connectivity index (χ3v) is 6.78. The van der Waals surface area contributed by atoms with Crippen molar-refractivity contribution >= 4 is 23.9 Å². The molecule has 0 saturated carbocycles. The van der Waals surface area contributed by atoms with Crippen molar-refractivity contribution in [3.8, 4) is 5.75 Å². The largest absolute Gasteiger partial charge is 0.481 e. The first-order chi connectivity index (χ1) is 16.7. The lowest BCUT2D eigenvalue weighted by Gasteiger charge is -2.42. The summed E-state index contributed by atoms with van der Waals surface area (Å²) in [7, 11) is 1.51. The van der Waals surface area contributed by atoms with Crippen LogP contribution in [0.3, 0.4) is 0 Å². The highest BCUT2D eigenvalue weighted by atomic mass is 16.5. The third kappa shape index (κ3) is 4.00. The number of carbonyl (C=O) groups excluding carboxylic acids is 2. The molecule has 11 nitrogen and oxygen atoms in total. The van der Waals surface area contributed by atoms with Crippen molar-refractivity contribution in [2.45, 2.75) is 38.8 Å². The molecule has 186 valence electrons. The molecular formula is C24H29N5O6. The van der Waals surface area contributed by atoms with Crippen molar-refractivity contribution in [3.63, 3.8) is 0 Å². The molecule has 0 bridgehead atoms. The van der Waals surface area contributed by atoms with Crippen molar-refractivity contribution in [2.75, 3.05) is 31.1 Å². The summed E-state index contributed by atoms with van der Waals surface area (Å²) in [6, 6.07) is 8.82. The van der Waals surface area contributed by atoms with E-state index in [9.17, 15) is 24.3 Å². The van der Waals surface area contributed by atoms with Crippen molar-refractivity contribution in [3.05, 3.63) is 51.9 Å². The van der Waals surface area contributed by atoms with Crippen LogP contribution in [0, 0.1) is 0 Å². The van der Waals surface area contributed by atoms with E-state index in [-0.39, 0.29) is 30.2 Å². The molecule has 11 heteroatoms. The quantitative estimate of drug-likeness (QED) is 0.590. The lowest BCUT2D eigenvalue weighted by Crippen LogP contribution is -2.57. The van der Waals surface area contributed by atoms with Gasteiger partial charge in [0.05, 0.1) is 0 Å². The number of aromatic carboxylic acids is 1. The maximum absolute atomic E-state index is 13.1. The molecule has 0 atom stereocenters. The Kier molecular flexibility index (Phi) is 6.51. The molecule has 2 aliphatic rings. The van der Waals surface area contributed by atoms with Crippen LogP contribution in [0.2, 0.25) is 0 Å². The molecule has 0 unspecified atom stereocenters. The number of likely N-dealkylation sites (N-methyl/N-ethyl adjacent to an activating group) is 2. The van der Waals surface area contributed by atoms with E-state index in [2.05, 4.69) is 4.98 Å². The summed E-state index contributed by atoms with van der Waals surface area (Å²) in [6.45, 7) is 5.02. The minimum absolute atomic E-state index is 0.0283. The van der Waals surface area contributed by atoms with E-state index in [0.717, 1.165) is 5.56 Å². The van der Waals surface area contributed by atoms with Gasteiger partial charge < -0.3 is 19.6 Å². The average molecular weight is 484 g/mol. The van der Waals surface area contributed by atoms with Crippen LogP contribution >= 0.6 is 0 Å². The fourth-order valence-electron chi connectivity index (χ4n) is 4.92. The number of piperidine rings is 1. The Balaban J connectivity index is 1.61. The Morgan fingerprint density at radius 1 is 1.09 bits per heavy atom. The predicted molar refractivity (Wildman–Crippen MR) is 127 cm³/mol. The molecule has 2 fully saturated rings. The summed E-state index contributed by atoms with van der Waals surface area (Å²) in [5, 5.41) is 9.75. The lowest BCUT2D eigenvalue weighted by molar-refractivity contribution is -0.134. The summed E-state index contributed by atoms with van der Waals surface area (Å²) in [6.07, 6.45) is 0.707. The monoisotopic (exact) mass is 483 g/mol. The summed E-state index contributed by atoms with van der Waals surface area (Å²) >= 11 is 0. The van der Waals surface area contributed by atoms with Gasteiger partial charge in [0.15, 0.2) is 5.69 Å². The van der Waals surface area contributed by atoms with Gasteiger partial charge in [-0.15, -0.1) is 0 Å². The minimum Gasteiger partial charge on any atom is -0.481 e. The van der Waals surface area contributed by atoms with E-state index in [4.69, 9.17) is 4.74 Å². The Labute approximate surface area is 202 Å². The number of anilines is 1. The van der Waals surface area contributed by atoms with Crippen LogP contribution in [-0.2, 0) is 18.4 Å². The van der Waals surface area contributed by atoms with Gasteiger partial charge >= 0.3 is 12.0 Å². The first-order valence-electron chi connectivity index (χ1n) is 11.6. The van der Waals surface area contributed by atoms with Gasteiger partial charge in [-0.3, -0.25) is 19.1 Å². The van der Waals surface area contributed by atoms with Crippen LogP contribution in [0.1, 0.15) is 42.7 Å². The molecular weight excluding hydrogens is 454 g/mol. The number of hydrogen-bond donors (Lipinski definition) is 1. The van der Waals surface area contributed by atoms with Crippen molar-refractivity contribution < 1.29 is 24.2 Å². The molecule has 1 spiro atoms. The second kappa shape index (κ2) is 9.40. The number of aromatic nitrogens is 2. The van der Waals surface area contributed by atoms with Gasteiger partial charge in [0.25, 0.3) is 11.5 Å². The van der Waals surface area contributed by atoms with Gasteiger partial charge in [0.1, 0.15) is 12.1 Å². The Morgan fingerprint density at radius 3 is 2.31 bits per heavy atom. The molecule has 4 rings (SSSR count). The van der Waals surface area contributed by atoms with E-state index in [1.54, 1.807) is 16.7 Å². The SMILES string of the molecule is CCN1C(=O)N(CC)C2(CCN(c3nc(C(=O)O)c(OCc4ccccc4)c(=O)n3C)CC2)C1=O. The predicted octanol–water partition coefficient (Wildman–Crippen LogP) is 1.70.